The van der Waals surface area contributed by atoms with E-state index >= 15 is 0 Å². The third-order valence-electron chi connectivity index (χ3n) is 2.12. The van der Waals surface area contributed by atoms with Crippen molar-refractivity contribution < 1.29 is 14.3 Å². The van der Waals surface area contributed by atoms with E-state index < -0.39 is 0 Å². The summed E-state index contributed by atoms with van der Waals surface area (Å²) in [5, 5.41) is 0. The van der Waals surface area contributed by atoms with Gasteiger partial charge in [0, 0.05) is 11.6 Å². The van der Waals surface area contributed by atoms with Gasteiger partial charge in [0.2, 0.25) is 0 Å². The van der Waals surface area contributed by atoms with Gasteiger partial charge in [0.05, 0.1) is 14.2 Å². The molecule has 0 bridgehead atoms. The molecule has 0 spiro atoms. The molecular weight excluding hydrogens is 192 g/mol. The minimum Gasteiger partial charge on any atom is -0.497 e. The van der Waals surface area contributed by atoms with Crippen molar-refractivity contribution in [3.63, 3.8) is 0 Å². The average Bonchev–Trinajstić information content (AvgIpc) is 2.27. The van der Waals surface area contributed by atoms with Crippen molar-refractivity contribution in [2.24, 2.45) is 0 Å². The van der Waals surface area contributed by atoms with Gasteiger partial charge in [0.1, 0.15) is 11.5 Å². The summed E-state index contributed by atoms with van der Waals surface area (Å²) >= 11 is 0. The molecule has 0 aliphatic carbocycles. The summed E-state index contributed by atoms with van der Waals surface area (Å²) in [5.74, 6) is 1.23. The van der Waals surface area contributed by atoms with Gasteiger partial charge in [-0.1, -0.05) is 6.58 Å². The van der Waals surface area contributed by atoms with Crippen LogP contribution in [0.3, 0.4) is 0 Å². The van der Waals surface area contributed by atoms with E-state index in [4.69, 9.17) is 9.47 Å². The van der Waals surface area contributed by atoms with Gasteiger partial charge < -0.3 is 9.47 Å². The van der Waals surface area contributed by atoms with Crippen LogP contribution in [0.25, 0.3) is 5.57 Å². The number of ketones is 1. The number of hydrogen-bond acceptors (Lipinski definition) is 3. The Balaban J connectivity index is 3.17. The lowest BCUT2D eigenvalue weighted by atomic mass is 10.0. The number of hydrogen-bond donors (Lipinski definition) is 0. The molecule has 0 aromatic heterocycles. The van der Waals surface area contributed by atoms with Crippen LogP contribution in [0.1, 0.15) is 12.5 Å². The lowest BCUT2D eigenvalue weighted by Crippen LogP contribution is -1.96. The quantitative estimate of drug-likeness (QED) is 0.709. The van der Waals surface area contributed by atoms with Crippen molar-refractivity contribution in [2.75, 3.05) is 14.2 Å². The number of carbonyl (C=O) groups excluding carboxylic acids is 1. The molecule has 1 rings (SSSR count). The van der Waals surface area contributed by atoms with E-state index in [2.05, 4.69) is 6.58 Å². The van der Waals surface area contributed by atoms with Crippen molar-refractivity contribution >= 4 is 11.4 Å². The van der Waals surface area contributed by atoms with Gasteiger partial charge in [-0.15, -0.1) is 0 Å². The molecule has 0 heterocycles. The first-order chi connectivity index (χ1) is 7.08. The number of carbonyl (C=O) groups is 1. The van der Waals surface area contributed by atoms with Gasteiger partial charge in [-0.3, -0.25) is 4.79 Å². The number of benzene rings is 1. The van der Waals surface area contributed by atoms with E-state index in [0.29, 0.717) is 17.1 Å². The molecule has 0 saturated heterocycles. The maximum Gasteiger partial charge on any atom is 0.159 e. The van der Waals surface area contributed by atoms with Crippen LogP contribution in [0, 0.1) is 0 Å². The Labute approximate surface area is 89.3 Å². The Morgan fingerprint density at radius 2 is 1.60 bits per heavy atom. The van der Waals surface area contributed by atoms with Crippen LogP contribution < -0.4 is 9.47 Å². The molecule has 15 heavy (non-hydrogen) atoms. The summed E-state index contributed by atoms with van der Waals surface area (Å²) in [4.78, 5) is 11.2. The Kier molecular flexibility index (Phi) is 3.50. The molecule has 80 valence electrons. The molecule has 0 N–H and O–H groups in total. The molecule has 0 unspecified atom stereocenters. The summed E-state index contributed by atoms with van der Waals surface area (Å²) in [7, 11) is 3.13. The van der Waals surface area contributed by atoms with E-state index in [0.717, 1.165) is 5.56 Å². The molecule has 1 aromatic rings. The molecule has 0 amide bonds. The van der Waals surface area contributed by atoms with Crippen molar-refractivity contribution in [2.45, 2.75) is 6.92 Å². The van der Waals surface area contributed by atoms with Crippen LogP contribution in [-0.2, 0) is 4.79 Å². The first-order valence-electron chi connectivity index (χ1n) is 4.51. The van der Waals surface area contributed by atoms with Crippen LogP contribution in [0.15, 0.2) is 24.8 Å². The maximum atomic E-state index is 11.2. The summed E-state index contributed by atoms with van der Waals surface area (Å²) in [6.45, 7) is 5.20. The smallest absolute Gasteiger partial charge is 0.159 e. The minimum atomic E-state index is -0.0645. The number of rotatable bonds is 4. The van der Waals surface area contributed by atoms with Crippen LogP contribution in [0.4, 0.5) is 0 Å². The molecule has 3 nitrogen and oxygen atoms in total. The molecule has 0 aliphatic rings. The topological polar surface area (TPSA) is 35.5 Å². The van der Waals surface area contributed by atoms with Gasteiger partial charge in [-0.25, -0.2) is 0 Å². The molecule has 0 saturated carbocycles. The van der Waals surface area contributed by atoms with Gasteiger partial charge in [-0.2, -0.15) is 0 Å². The normalized spacial score (nSPS) is 9.53. The summed E-state index contributed by atoms with van der Waals surface area (Å²) in [5.41, 5.74) is 1.17. The van der Waals surface area contributed by atoms with Crippen molar-refractivity contribution in [1.82, 2.24) is 0 Å². The van der Waals surface area contributed by atoms with Crippen LogP contribution in [-0.4, -0.2) is 20.0 Å². The highest BCUT2D eigenvalue weighted by molar-refractivity contribution is 6.18. The second-order valence-electron chi connectivity index (χ2n) is 3.14. The van der Waals surface area contributed by atoms with E-state index in [1.54, 1.807) is 32.4 Å². The number of allylic oxidation sites excluding steroid dienone is 1. The van der Waals surface area contributed by atoms with Crippen molar-refractivity contribution in [1.29, 1.82) is 0 Å². The predicted molar refractivity (Wildman–Crippen MR) is 59.3 cm³/mol. The molecule has 1 aromatic carbocycles. The third kappa shape index (κ3) is 2.59. The van der Waals surface area contributed by atoms with Crippen LogP contribution in [0.5, 0.6) is 11.5 Å². The Bertz CT molecular complexity index is 372. The molecule has 0 aliphatic heterocycles. The zero-order valence-electron chi connectivity index (χ0n) is 9.16. The lowest BCUT2D eigenvalue weighted by Gasteiger charge is -2.08. The molecule has 0 atom stereocenters. The largest absolute Gasteiger partial charge is 0.497 e. The zero-order chi connectivity index (χ0) is 11.4. The highest BCUT2D eigenvalue weighted by Gasteiger charge is 2.08. The monoisotopic (exact) mass is 206 g/mol. The van der Waals surface area contributed by atoms with Crippen LogP contribution in [0.2, 0.25) is 0 Å². The van der Waals surface area contributed by atoms with Gasteiger partial charge >= 0.3 is 0 Å². The standard InChI is InChI=1S/C12H14O3/c1-8(9(2)13)10-5-11(14-3)7-12(6-10)15-4/h5-7H,1H2,2-4H3. The second-order valence-corrected chi connectivity index (χ2v) is 3.14. The SMILES string of the molecule is C=C(C(C)=O)c1cc(OC)cc(OC)c1. The van der Waals surface area contributed by atoms with Crippen molar-refractivity contribution in [3.05, 3.63) is 30.3 Å². The predicted octanol–water partition coefficient (Wildman–Crippen LogP) is 2.31. The van der Waals surface area contributed by atoms with Gasteiger partial charge in [0.15, 0.2) is 5.78 Å². The minimum absolute atomic E-state index is 0.0645. The molecule has 0 radical (unpaired) electrons. The summed E-state index contributed by atoms with van der Waals surface area (Å²) in [6, 6.07) is 5.26. The van der Waals surface area contributed by atoms with Crippen LogP contribution >= 0.6 is 0 Å². The lowest BCUT2D eigenvalue weighted by molar-refractivity contribution is -0.111. The Morgan fingerprint density at radius 3 is 1.93 bits per heavy atom. The fourth-order valence-electron chi connectivity index (χ4n) is 1.18. The molecule has 0 fully saturated rings. The average molecular weight is 206 g/mol. The number of Topliss-reactive ketones (excluding diaryl/α,β-unsaturated/α-hetero) is 1. The zero-order valence-corrected chi connectivity index (χ0v) is 9.16. The van der Waals surface area contributed by atoms with Gasteiger partial charge in [0.25, 0.3) is 0 Å². The fourth-order valence-corrected chi connectivity index (χ4v) is 1.18. The summed E-state index contributed by atoms with van der Waals surface area (Å²) in [6.07, 6.45) is 0. The van der Waals surface area contributed by atoms with E-state index in [1.807, 2.05) is 0 Å². The first-order valence-corrected chi connectivity index (χ1v) is 4.51. The Hall–Kier alpha value is -1.77. The fraction of sp³-hybridized carbons (Fsp3) is 0.250. The summed E-state index contributed by atoms with van der Waals surface area (Å²) < 4.78 is 10.2. The van der Waals surface area contributed by atoms with Gasteiger partial charge in [-0.05, 0) is 24.6 Å². The highest BCUT2D eigenvalue weighted by atomic mass is 16.5. The Morgan fingerprint density at radius 1 is 1.13 bits per heavy atom. The highest BCUT2D eigenvalue weighted by Crippen LogP contribution is 2.26. The third-order valence-corrected chi connectivity index (χ3v) is 2.12. The number of ether oxygens (including phenoxy) is 2. The number of methoxy groups -OCH3 is 2. The molecule has 3 heteroatoms. The molecular formula is C12H14O3. The maximum absolute atomic E-state index is 11.2. The van der Waals surface area contributed by atoms with E-state index in [9.17, 15) is 4.79 Å². The second kappa shape index (κ2) is 4.64. The van der Waals surface area contributed by atoms with E-state index in [-0.39, 0.29) is 5.78 Å². The van der Waals surface area contributed by atoms with E-state index in [1.165, 1.54) is 6.92 Å². The first kappa shape index (κ1) is 11.3. The van der Waals surface area contributed by atoms with Crippen molar-refractivity contribution in [3.8, 4) is 11.5 Å².